The SMILES string of the molecule is COc1cccc(C(O)C(NC2CC2)C(C)C)c1. The van der Waals surface area contributed by atoms with Crippen LogP contribution in [0.5, 0.6) is 5.75 Å². The number of ether oxygens (including phenoxy) is 1. The molecule has 2 atom stereocenters. The van der Waals surface area contributed by atoms with Crippen LogP contribution in [-0.2, 0) is 0 Å². The number of aliphatic hydroxyl groups is 1. The number of aliphatic hydroxyl groups excluding tert-OH is 1. The van der Waals surface area contributed by atoms with E-state index in [0.29, 0.717) is 12.0 Å². The van der Waals surface area contributed by atoms with Crippen molar-refractivity contribution in [3.05, 3.63) is 29.8 Å². The molecule has 0 spiro atoms. The van der Waals surface area contributed by atoms with Crippen LogP contribution in [0.4, 0.5) is 0 Å². The van der Waals surface area contributed by atoms with E-state index in [-0.39, 0.29) is 6.04 Å². The van der Waals surface area contributed by atoms with Crippen molar-refractivity contribution in [1.82, 2.24) is 5.32 Å². The Morgan fingerprint density at radius 2 is 2.06 bits per heavy atom. The lowest BCUT2D eigenvalue weighted by molar-refractivity contribution is 0.104. The Hall–Kier alpha value is -1.06. The van der Waals surface area contributed by atoms with Crippen molar-refractivity contribution >= 4 is 0 Å². The van der Waals surface area contributed by atoms with Crippen LogP contribution in [-0.4, -0.2) is 24.3 Å². The molecule has 2 rings (SSSR count). The van der Waals surface area contributed by atoms with E-state index in [9.17, 15) is 5.11 Å². The van der Waals surface area contributed by atoms with E-state index in [2.05, 4.69) is 19.2 Å². The maximum absolute atomic E-state index is 10.5. The normalized spacial score (nSPS) is 18.7. The molecule has 2 unspecified atom stereocenters. The van der Waals surface area contributed by atoms with Gasteiger partial charge in [-0.15, -0.1) is 0 Å². The summed E-state index contributed by atoms with van der Waals surface area (Å²) < 4.78 is 5.21. The first kappa shape index (κ1) is 13.4. The third kappa shape index (κ3) is 3.24. The Balaban J connectivity index is 2.12. The molecule has 0 amide bonds. The minimum Gasteiger partial charge on any atom is -0.497 e. The fourth-order valence-corrected chi connectivity index (χ4v) is 2.20. The fourth-order valence-electron chi connectivity index (χ4n) is 2.20. The summed E-state index contributed by atoms with van der Waals surface area (Å²) in [6, 6.07) is 8.38. The van der Waals surface area contributed by atoms with Crippen LogP contribution in [0.2, 0.25) is 0 Å². The van der Waals surface area contributed by atoms with Gasteiger partial charge in [-0.2, -0.15) is 0 Å². The predicted molar refractivity (Wildman–Crippen MR) is 72.7 cm³/mol. The van der Waals surface area contributed by atoms with Crippen LogP contribution < -0.4 is 10.1 Å². The first-order valence-corrected chi connectivity index (χ1v) is 6.70. The highest BCUT2D eigenvalue weighted by Gasteiger charge is 2.31. The van der Waals surface area contributed by atoms with Gasteiger partial charge in [0.05, 0.1) is 13.2 Å². The lowest BCUT2D eigenvalue weighted by Gasteiger charge is -2.28. The van der Waals surface area contributed by atoms with Gasteiger partial charge in [-0.1, -0.05) is 26.0 Å². The molecule has 1 aromatic rings. The molecule has 0 radical (unpaired) electrons. The standard InChI is InChI=1S/C15H23NO2/c1-10(2)14(16-12-7-8-12)15(17)11-5-4-6-13(9-11)18-3/h4-6,9-10,12,14-17H,7-8H2,1-3H3. The average Bonchev–Trinajstić information content (AvgIpc) is 3.19. The highest BCUT2D eigenvalue weighted by Crippen LogP contribution is 2.28. The van der Waals surface area contributed by atoms with Gasteiger partial charge < -0.3 is 15.2 Å². The van der Waals surface area contributed by atoms with Gasteiger partial charge in [-0.25, -0.2) is 0 Å². The summed E-state index contributed by atoms with van der Waals surface area (Å²) in [5, 5.41) is 14.1. The molecule has 100 valence electrons. The van der Waals surface area contributed by atoms with Gasteiger partial charge in [-0.3, -0.25) is 0 Å². The zero-order valence-electron chi connectivity index (χ0n) is 11.4. The molecule has 0 saturated heterocycles. The topological polar surface area (TPSA) is 41.5 Å². The molecule has 18 heavy (non-hydrogen) atoms. The molecule has 0 aromatic heterocycles. The third-order valence-corrected chi connectivity index (χ3v) is 3.50. The molecule has 1 aliphatic carbocycles. The first-order valence-electron chi connectivity index (χ1n) is 6.70. The Bertz CT molecular complexity index is 388. The first-order chi connectivity index (χ1) is 8.61. The number of benzene rings is 1. The smallest absolute Gasteiger partial charge is 0.119 e. The number of hydrogen-bond donors (Lipinski definition) is 2. The molecular weight excluding hydrogens is 226 g/mol. The van der Waals surface area contributed by atoms with Crippen LogP contribution in [0.3, 0.4) is 0 Å². The molecule has 2 N–H and O–H groups in total. The quantitative estimate of drug-likeness (QED) is 0.814. The Morgan fingerprint density at radius 1 is 1.33 bits per heavy atom. The van der Waals surface area contributed by atoms with Crippen molar-refractivity contribution in [2.75, 3.05) is 7.11 Å². The molecule has 3 heteroatoms. The van der Waals surface area contributed by atoms with E-state index in [0.717, 1.165) is 11.3 Å². The van der Waals surface area contributed by atoms with Crippen molar-refractivity contribution in [2.45, 2.75) is 44.9 Å². The lowest BCUT2D eigenvalue weighted by atomic mass is 9.93. The lowest BCUT2D eigenvalue weighted by Crippen LogP contribution is -2.40. The largest absolute Gasteiger partial charge is 0.497 e. The van der Waals surface area contributed by atoms with Crippen LogP contribution >= 0.6 is 0 Å². The van der Waals surface area contributed by atoms with Gasteiger partial charge in [0, 0.05) is 12.1 Å². The minimum atomic E-state index is -0.485. The third-order valence-electron chi connectivity index (χ3n) is 3.50. The molecule has 0 aliphatic heterocycles. The second-order valence-electron chi connectivity index (χ2n) is 5.43. The number of hydrogen-bond acceptors (Lipinski definition) is 3. The van der Waals surface area contributed by atoms with Crippen molar-refractivity contribution in [3.8, 4) is 5.75 Å². The van der Waals surface area contributed by atoms with Crippen LogP contribution in [0.1, 0.15) is 38.4 Å². The summed E-state index contributed by atoms with van der Waals surface area (Å²) in [7, 11) is 1.65. The van der Waals surface area contributed by atoms with E-state index < -0.39 is 6.10 Å². The van der Waals surface area contributed by atoms with Crippen molar-refractivity contribution in [1.29, 1.82) is 0 Å². The highest BCUT2D eigenvalue weighted by atomic mass is 16.5. The van der Waals surface area contributed by atoms with Crippen molar-refractivity contribution in [2.24, 2.45) is 5.92 Å². The van der Waals surface area contributed by atoms with Gasteiger partial charge >= 0.3 is 0 Å². The maximum Gasteiger partial charge on any atom is 0.119 e. The van der Waals surface area contributed by atoms with Crippen LogP contribution in [0.15, 0.2) is 24.3 Å². The zero-order chi connectivity index (χ0) is 13.1. The average molecular weight is 249 g/mol. The second-order valence-corrected chi connectivity index (χ2v) is 5.43. The van der Waals surface area contributed by atoms with Gasteiger partial charge in [-0.05, 0) is 36.5 Å². The summed E-state index contributed by atoms with van der Waals surface area (Å²) >= 11 is 0. The number of rotatable bonds is 6. The van der Waals surface area contributed by atoms with E-state index in [1.54, 1.807) is 7.11 Å². The monoisotopic (exact) mass is 249 g/mol. The summed E-state index contributed by atoms with van der Waals surface area (Å²) in [5.74, 6) is 1.19. The fraction of sp³-hybridized carbons (Fsp3) is 0.600. The zero-order valence-corrected chi connectivity index (χ0v) is 11.4. The Kier molecular flexibility index (Phi) is 4.25. The summed E-state index contributed by atoms with van der Waals surface area (Å²) in [6.07, 6.45) is 1.97. The Morgan fingerprint density at radius 3 is 2.61 bits per heavy atom. The molecule has 0 heterocycles. The molecular formula is C15H23NO2. The van der Waals surface area contributed by atoms with Gasteiger partial charge in [0.25, 0.3) is 0 Å². The number of nitrogens with one attached hydrogen (secondary N) is 1. The van der Waals surface area contributed by atoms with Crippen molar-refractivity contribution < 1.29 is 9.84 Å². The second kappa shape index (κ2) is 5.72. The summed E-state index contributed by atoms with van der Waals surface area (Å²) in [6.45, 7) is 4.28. The van der Waals surface area contributed by atoms with Crippen LogP contribution in [0.25, 0.3) is 0 Å². The molecule has 1 saturated carbocycles. The van der Waals surface area contributed by atoms with E-state index >= 15 is 0 Å². The predicted octanol–water partition coefficient (Wildman–Crippen LogP) is 2.51. The minimum absolute atomic E-state index is 0.101. The molecule has 1 fully saturated rings. The number of methoxy groups -OCH3 is 1. The molecule has 0 bridgehead atoms. The molecule has 3 nitrogen and oxygen atoms in total. The summed E-state index contributed by atoms with van der Waals surface area (Å²) in [5.41, 5.74) is 0.918. The van der Waals surface area contributed by atoms with Gasteiger partial charge in [0.1, 0.15) is 5.75 Å². The van der Waals surface area contributed by atoms with E-state index in [4.69, 9.17) is 4.74 Å². The molecule has 1 aliphatic rings. The van der Waals surface area contributed by atoms with Crippen molar-refractivity contribution in [3.63, 3.8) is 0 Å². The molecule has 1 aromatic carbocycles. The summed E-state index contributed by atoms with van der Waals surface area (Å²) in [4.78, 5) is 0. The van der Waals surface area contributed by atoms with Crippen LogP contribution in [0, 0.1) is 5.92 Å². The maximum atomic E-state index is 10.5. The Labute approximate surface area is 109 Å². The van der Waals surface area contributed by atoms with E-state index in [1.165, 1.54) is 12.8 Å². The van der Waals surface area contributed by atoms with Gasteiger partial charge in [0.2, 0.25) is 0 Å². The van der Waals surface area contributed by atoms with Gasteiger partial charge in [0.15, 0.2) is 0 Å². The van der Waals surface area contributed by atoms with E-state index in [1.807, 2.05) is 24.3 Å². The highest BCUT2D eigenvalue weighted by molar-refractivity contribution is 5.30.